The zero-order valence-electron chi connectivity index (χ0n) is 16.5. The lowest BCUT2D eigenvalue weighted by Crippen LogP contribution is -2.28. The number of carbonyl (C=O) groups is 2. The summed E-state index contributed by atoms with van der Waals surface area (Å²) in [6.45, 7) is 12.5. The summed E-state index contributed by atoms with van der Waals surface area (Å²) in [5.74, 6) is 0.365. The minimum Gasteiger partial charge on any atom is -0.490 e. The van der Waals surface area contributed by atoms with E-state index >= 15 is 0 Å². The Bertz CT molecular complexity index is 772. The summed E-state index contributed by atoms with van der Waals surface area (Å²) in [6, 6.07) is 7.34. The number of ether oxygens (including phenoxy) is 2. The molecular weight excluding hydrogens is 342 g/mol. The Morgan fingerprint density at radius 2 is 1.93 bits per heavy atom. The molecule has 0 radical (unpaired) electrons. The molecule has 1 aromatic carbocycles. The van der Waals surface area contributed by atoms with Gasteiger partial charge in [-0.05, 0) is 43.5 Å². The standard InChI is InChI=1S/C22H27NO4/c1-6-12-27-18-10-8-17(9-11-18)13-19-20(22(25)26-7-2)16(5)23(21(19)24)14-15(3)4/h6,8-11,13,15H,1,7,12,14H2,2-5H3/b19-13-. The van der Waals surface area contributed by atoms with E-state index in [0.717, 1.165) is 5.56 Å². The van der Waals surface area contributed by atoms with Crippen molar-refractivity contribution in [3.8, 4) is 5.75 Å². The van der Waals surface area contributed by atoms with Crippen LogP contribution in [0.4, 0.5) is 0 Å². The van der Waals surface area contributed by atoms with Gasteiger partial charge in [0, 0.05) is 12.2 Å². The molecule has 0 atom stereocenters. The van der Waals surface area contributed by atoms with E-state index < -0.39 is 5.97 Å². The molecule has 5 nitrogen and oxygen atoms in total. The van der Waals surface area contributed by atoms with E-state index in [1.807, 2.05) is 38.1 Å². The van der Waals surface area contributed by atoms with E-state index in [-0.39, 0.29) is 18.4 Å². The van der Waals surface area contributed by atoms with Gasteiger partial charge in [0.25, 0.3) is 5.91 Å². The highest BCUT2D eigenvalue weighted by molar-refractivity contribution is 6.16. The van der Waals surface area contributed by atoms with Crippen LogP contribution in [-0.2, 0) is 14.3 Å². The van der Waals surface area contributed by atoms with E-state index in [4.69, 9.17) is 9.47 Å². The molecule has 1 aliphatic rings. The van der Waals surface area contributed by atoms with Crippen LogP contribution in [0.25, 0.3) is 6.08 Å². The van der Waals surface area contributed by atoms with Crippen molar-refractivity contribution in [1.82, 2.24) is 4.90 Å². The topological polar surface area (TPSA) is 55.8 Å². The first-order valence-corrected chi connectivity index (χ1v) is 9.14. The van der Waals surface area contributed by atoms with Crippen molar-refractivity contribution in [3.63, 3.8) is 0 Å². The molecule has 1 heterocycles. The quantitative estimate of drug-likeness (QED) is 0.395. The Balaban J connectivity index is 2.39. The second-order valence-electron chi connectivity index (χ2n) is 6.72. The van der Waals surface area contributed by atoms with Crippen LogP contribution in [0.15, 0.2) is 53.8 Å². The lowest BCUT2D eigenvalue weighted by molar-refractivity contribution is -0.138. The van der Waals surface area contributed by atoms with Crippen molar-refractivity contribution < 1.29 is 19.1 Å². The predicted molar refractivity (Wildman–Crippen MR) is 106 cm³/mol. The number of amides is 1. The van der Waals surface area contributed by atoms with Gasteiger partial charge in [0.15, 0.2) is 0 Å². The van der Waals surface area contributed by atoms with Gasteiger partial charge in [0.05, 0.1) is 17.8 Å². The maximum absolute atomic E-state index is 13.0. The van der Waals surface area contributed by atoms with Crippen LogP contribution >= 0.6 is 0 Å². The number of allylic oxidation sites excluding steroid dienone is 1. The molecule has 2 rings (SSSR count). The normalized spacial score (nSPS) is 15.7. The fourth-order valence-electron chi connectivity index (χ4n) is 2.90. The van der Waals surface area contributed by atoms with E-state index in [1.54, 1.807) is 30.9 Å². The Hall–Kier alpha value is -2.82. The summed E-state index contributed by atoms with van der Waals surface area (Å²) in [7, 11) is 0. The Morgan fingerprint density at radius 1 is 1.26 bits per heavy atom. The van der Waals surface area contributed by atoms with E-state index in [2.05, 4.69) is 6.58 Å². The molecule has 144 valence electrons. The van der Waals surface area contributed by atoms with Crippen LogP contribution < -0.4 is 4.74 Å². The summed E-state index contributed by atoms with van der Waals surface area (Å²) in [5.41, 5.74) is 2.16. The van der Waals surface area contributed by atoms with Gasteiger partial charge < -0.3 is 14.4 Å². The lowest BCUT2D eigenvalue weighted by atomic mass is 10.0. The van der Waals surface area contributed by atoms with Gasteiger partial charge in [-0.3, -0.25) is 4.79 Å². The van der Waals surface area contributed by atoms with Crippen LogP contribution in [0, 0.1) is 5.92 Å². The third-order valence-corrected chi connectivity index (χ3v) is 4.10. The first-order valence-electron chi connectivity index (χ1n) is 9.14. The molecule has 0 bridgehead atoms. The number of benzene rings is 1. The molecule has 0 N–H and O–H groups in total. The predicted octanol–water partition coefficient (Wildman–Crippen LogP) is 3.97. The SMILES string of the molecule is C=CCOc1ccc(/C=C2\C(=O)N(CC(C)C)C(C)=C2C(=O)OCC)cc1. The highest BCUT2D eigenvalue weighted by Gasteiger charge is 2.37. The van der Waals surface area contributed by atoms with Crippen molar-refractivity contribution in [2.75, 3.05) is 19.8 Å². The van der Waals surface area contributed by atoms with Gasteiger partial charge >= 0.3 is 5.97 Å². The molecule has 27 heavy (non-hydrogen) atoms. The van der Waals surface area contributed by atoms with Crippen LogP contribution in [0.1, 0.15) is 33.3 Å². The third-order valence-electron chi connectivity index (χ3n) is 4.10. The van der Waals surface area contributed by atoms with Gasteiger partial charge in [-0.15, -0.1) is 0 Å². The molecule has 0 saturated heterocycles. The molecule has 0 aliphatic carbocycles. The van der Waals surface area contributed by atoms with Crippen molar-refractivity contribution >= 4 is 18.0 Å². The van der Waals surface area contributed by atoms with Crippen molar-refractivity contribution in [2.45, 2.75) is 27.7 Å². The molecule has 0 saturated carbocycles. The number of hydrogen-bond donors (Lipinski definition) is 0. The zero-order valence-corrected chi connectivity index (χ0v) is 16.5. The van der Waals surface area contributed by atoms with Crippen LogP contribution in [0.3, 0.4) is 0 Å². The maximum atomic E-state index is 13.0. The van der Waals surface area contributed by atoms with Gasteiger partial charge in [-0.25, -0.2) is 4.79 Å². The highest BCUT2D eigenvalue weighted by Crippen LogP contribution is 2.32. The van der Waals surface area contributed by atoms with Crippen molar-refractivity contribution in [1.29, 1.82) is 0 Å². The summed E-state index contributed by atoms with van der Waals surface area (Å²) < 4.78 is 10.7. The van der Waals surface area contributed by atoms with Gasteiger partial charge in [-0.2, -0.15) is 0 Å². The summed E-state index contributed by atoms with van der Waals surface area (Å²) in [4.78, 5) is 27.1. The number of carbonyl (C=O) groups excluding carboxylic acids is 2. The van der Waals surface area contributed by atoms with Gasteiger partial charge in [0.1, 0.15) is 12.4 Å². The van der Waals surface area contributed by atoms with Crippen molar-refractivity contribution in [2.24, 2.45) is 5.92 Å². The largest absolute Gasteiger partial charge is 0.490 e. The fraction of sp³-hybridized carbons (Fsp3) is 0.364. The van der Waals surface area contributed by atoms with E-state index in [9.17, 15) is 9.59 Å². The maximum Gasteiger partial charge on any atom is 0.340 e. The number of nitrogens with zero attached hydrogens (tertiary/aromatic N) is 1. The number of esters is 1. The molecule has 1 aliphatic heterocycles. The first kappa shape index (κ1) is 20.5. The minimum absolute atomic E-state index is 0.170. The van der Waals surface area contributed by atoms with E-state index in [0.29, 0.717) is 35.7 Å². The zero-order chi connectivity index (χ0) is 20.0. The Labute approximate surface area is 161 Å². The van der Waals surface area contributed by atoms with Gasteiger partial charge in [0.2, 0.25) is 0 Å². The Kier molecular flexibility index (Phi) is 6.99. The highest BCUT2D eigenvalue weighted by atomic mass is 16.5. The smallest absolute Gasteiger partial charge is 0.340 e. The first-order chi connectivity index (χ1) is 12.9. The minimum atomic E-state index is -0.466. The number of hydrogen-bond acceptors (Lipinski definition) is 4. The molecule has 0 spiro atoms. The van der Waals surface area contributed by atoms with Crippen LogP contribution in [-0.4, -0.2) is 36.5 Å². The van der Waals surface area contributed by atoms with Crippen molar-refractivity contribution in [3.05, 3.63) is 59.3 Å². The molecule has 0 aromatic heterocycles. The summed E-state index contributed by atoms with van der Waals surface area (Å²) in [6.07, 6.45) is 3.41. The third kappa shape index (κ3) is 4.88. The molecular formula is C22H27NO4. The number of rotatable bonds is 8. The van der Waals surface area contributed by atoms with Crippen LogP contribution in [0.2, 0.25) is 0 Å². The van der Waals surface area contributed by atoms with E-state index in [1.165, 1.54) is 0 Å². The lowest BCUT2D eigenvalue weighted by Gasteiger charge is -2.19. The molecule has 0 fully saturated rings. The van der Waals surface area contributed by atoms with Crippen LogP contribution in [0.5, 0.6) is 5.75 Å². The second kappa shape index (κ2) is 9.21. The summed E-state index contributed by atoms with van der Waals surface area (Å²) >= 11 is 0. The molecule has 1 aromatic rings. The molecule has 1 amide bonds. The monoisotopic (exact) mass is 369 g/mol. The second-order valence-corrected chi connectivity index (χ2v) is 6.72. The Morgan fingerprint density at radius 3 is 2.48 bits per heavy atom. The average Bonchev–Trinajstić information content (AvgIpc) is 2.85. The fourth-order valence-corrected chi connectivity index (χ4v) is 2.90. The molecule has 0 unspecified atom stereocenters. The average molecular weight is 369 g/mol. The van der Waals surface area contributed by atoms with Gasteiger partial charge in [-0.1, -0.05) is 38.6 Å². The molecule has 5 heteroatoms. The summed E-state index contributed by atoms with van der Waals surface area (Å²) in [5, 5.41) is 0.